The number of piperidine rings is 1. The van der Waals surface area contributed by atoms with Gasteiger partial charge < -0.3 is 21.1 Å². The Balaban J connectivity index is 2.25. The van der Waals surface area contributed by atoms with E-state index in [0.29, 0.717) is 12.3 Å². The Morgan fingerprint density at radius 2 is 2.20 bits per heavy atom. The molecular weight excluding hydrogens is 254 g/mol. The molecule has 0 saturated carbocycles. The maximum Gasteiger partial charge on any atom is 0.240 e. The largest absolute Gasteiger partial charge is 0.493 e. The number of primary amides is 1. The van der Waals surface area contributed by atoms with Crippen molar-refractivity contribution in [1.82, 2.24) is 0 Å². The fourth-order valence-electron chi connectivity index (χ4n) is 2.61. The van der Waals surface area contributed by atoms with Crippen LogP contribution in [0.2, 0.25) is 0 Å². The molecule has 0 aromatic heterocycles. The highest BCUT2D eigenvalue weighted by Gasteiger charge is 2.27. The van der Waals surface area contributed by atoms with Crippen molar-refractivity contribution in [3.8, 4) is 5.75 Å². The van der Waals surface area contributed by atoms with Crippen molar-refractivity contribution in [2.75, 3.05) is 23.8 Å². The second kappa shape index (κ2) is 6.50. The van der Waals surface area contributed by atoms with Crippen LogP contribution in [0.25, 0.3) is 0 Å². The Morgan fingerprint density at radius 1 is 1.40 bits per heavy atom. The number of nitrogens with zero attached hydrogens (tertiary/aromatic N) is 1. The van der Waals surface area contributed by atoms with Crippen molar-refractivity contribution in [3.05, 3.63) is 18.2 Å². The number of ether oxygens (including phenoxy) is 1. The molecule has 20 heavy (non-hydrogen) atoms. The smallest absolute Gasteiger partial charge is 0.240 e. The van der Waals surface area contributed by atoms with Crippen LogP contribution in [0.4, 0.5) is 11.4 Å². The van der Waals surface area contributed by atoms with Gasteiger partial charge in [0.15, 0.2) is 0 Å². The maximum atomic E-state index is 11.6. The average molecular weight is 277 g/mol. The lowest BCUT2D eigenvalue weighted by atomic mass is 10.0. The Kier molecular flexibility index (Phi) is 4.71. The van der Waals surface area contributed by atoms with Gasteiger partial charge in [0.1, 0.15) is 11.8 Å². The Bertz CT molecular complexity index is 476. The topological polar surface area (TPSA) is 81.6 Å². The zero-order valence-electron chi connectivity index (χ0n) is 12.0. The van der Waals surface area contributed by atoms with Crippen molar-refractivity contribution in [2.24, 2.45) is 5.73 Å². The van der Waals surface area contributed by atoms with Gasteiger partial charge >= 0.3 is 0 Å². The normalized spacial score (nSPS) is 18.9. The summed E-state index contributed by atoms with van der Waals surface area (Å²) in [6.45, 7) is 3.54. The lowest BCUT2D eigenvalue weighted by Gasteiger charge is -2.35. The second-order valence-corrected chi connectivity index (χ2v) is 5.22. The van der Waals surface area contributed by atoms with Crippen LogP contribution in [0.5, 0.6) is 5.75 Å². The monoisotopic (exact) mass is 277 g/mol. The zero-order valence-corrected chi connectivity index (χ0v) is 12.0. The van der Waals surface area contributed by atoms with Crippen LogP contribution >= 0.6 is 0 Å². The van der Waals surface area contributed by atoms with Gasteiger partial charge in [-0.2, -0.15) is 0 Å². The number of hydrogen-bond acceptors (Lipinski definition) is 4. The molecule has 0 aliphatic carbocycles. The molecular formula is C15H23N3O2. The van der Waals surface area contributed by atoms with Crippen molar-refractivity contribution in [2.45, 2.75) is 38.6 Å². The molecule has 1 atom stereocenters. The van der Waals surface area contributed by atoms with Gasteiger partial charge in [-0.3, -0.25) is 4.79 Å². The van der Waals surface area contributed by atoms with Gasteiger partial charge in [-0.1, -0.05) is 6.92 Å². The molecule has 1 amide bonds. The van der Waals surface area contributed by atoms with Crippen LogP contribution in [-0.4, -0.2) is 25.1 Å². The van der Waals surface area contributed by atoms with Gasteiger partial charge in [-0.05, 0) is 31.7 Å². The third-order valence-electron chi connectivity index (χ3n) is 3.55. The van der Waals surface area contributed by atoms with E-state index >= 15 is 0 Å². The Labute approximate surface area is 119 Å². The highest BCUT2D eigenvalue weighted by molar-refractivity contribution is 5.84. The van der Waals surface area contributed by atoms with Gasteiger partial charge in [0.05, 0.1) is 6.61 Å². The summed E-state index contributed by atoms with van der Waals surface area (Å²) in [7, 11) is 0. The number of carbonyl (C=O) groups excluding carboxylic acids is 1. The van der Waals surface area contributed by atoms with E-state index < -0.39 is 0 Å². The number of rotatable bonds is 5. The minimum atomic E-state index is -0.275. The molecule has 1 unspecified atom stereocenters. The average Bonchev–Trinajstić information content (AvgIpc) is 2.44. The van der Waals surface area contributed by atoms with Crippen LogP contribution in [0.1, 0.15) is 32.6 Å². The molecule has 1 aromatic carbocycles. The summed E-state index contributed by atoms with van der Waals surface area (Å²) in [5, 5.41) is 0. The van der Waals surface area contributed by atoms with Crippen LogP contribution < -0.4 is 21.1 Å². The minimum Gasteiger partial charge on any atom is -0.493 e. The highest BCUT2D eigenvalue weighted by atomic mass is 16.5. The lowest BCUT2D eigenvalue weighted by Crippen LogP contribution is -2.47. The molecule has 1 aliphatic rings. The summed E-state index contributed by atoms with van der Waals surface area (Å²) in [5.74, 6) is 0.471. The van der Waals surface area contributed by atoms with Crippen LogP contribution in [0, 0.1) is 0 Å². The third kappa shape index (κ3) is 3.35. The molecule has 5 heteroatoms. The Hall–Kier alpha value is -1.91. The first-order valence-corrected chi connectivity index (χ1v) is 7.21. The van der Waals surface area contributed by atoms with E-state index in [0.717, 1.165) is 43.7 Å². The van der Waals surface area contributed by atoms with E-state index in [2.05, 4.69) is 6.92 Å². The van der Waals surface area contributed by atoms with E-state index in [1.165, 1.54) is 0 Å². The van der Waals surface area contributed by atoms with Crippen molar-refractivity contribution >= 4 is 17.3 Å². The predicted octanol–water partition coefficient (Wildman–Crippen LogP) is 1.90. The van der Waals surface area contributed by atoms with Gasteiger partial charge in [-0.15, -0.1) is 0 Å². The predicted molar refractivity (Wildman–Crippen MR) is 80.8 cm³/mol. The van der Waals surface area contributed by atoms with E-state index in [9.17, 15) is 4.79 Å². The van der Waals surface area contributed by atoms with E-state index in [4.69, 9.17) is 16.2 Å². The van der Waals surface area contributed by atoms with Gasteiger partial charge in [0.2, 0.25) is 5.91 Å². The molecule has 5 nitrogen and oxygen atoms in total. The molecule has 1 fully saturated rings. The van der Waals surface area contributed by atoms with E-state index in [1.807, 2.05) is 23.1 Å². The van der Waals surface area contributed by atoms with Crippen LogP contribution in [0.15, 0.2) is 18.2 Å². The van der Waals surface area contributed by atoms with E-state index in [-0.39, 0.29) is 11.9 Å². The summed E-state index contributed by atoms with van der Waals surface area (Å²) in [5.41, 5.74) is 13.0. The molecule has 0 spiro atoms. The maximum absolute atomic E-state index is 11.6. The first-order valence-electron chi connectivity index (χ1n) is 7.21. The Morgan fingerprint density at radius 3 is 2.90 bits per heavy atom. The summed E-state index contributed by atoms with van der Waals surface area (Å²) in [6.07, 6.45) is 3.84. The SMILES string of the molecule is CCCOc1cc(N)cc(N2CCCCC2C(N)=O)c1. The molecule has 0 radical (unpaired) electrons. The molecule has 2 rings (SSSR count). The summed E-state index contributed by atoms with van der Waals surface area (Å²) >= 11 is 0. The summed E-state index contributed by atoms with van der Waals surface area (Å²) in [6, 6.07) is 5.37. The number of hydrogen-bond donors (Lipinski definition) is 2. The summed E-state index contributed by atoms with van der Waals surface area (Å²) in [4.78, 5) is 13.6. The number of benzene rings is 1. The minimum absolute atomic E-state index is 0.246. The standard InChI is InChI=1S/C15H23N3O2/c1-2-7-20-13-9-11(16)8-12(10-13)18-6-4-3-5-14(18)15(17)19/h8-10,14H,2-7,16H2,1H3,(H2,17,19). The molecule has 1 aromatic rings. The number of nitrogen functional groups attached to an aromatic ring is 1. The molecule has 110 valence electrons. The van der Waals surface area contributed by atoms with Crippen molar-refractivity contribution < 1.29 is 9.53 Å². The molecule has 1 aliphatic heterocycles. The number of carbonyl (C=O) groups is 1. The third-order valence-corrected chi connectivity index (χ3v) is 3.55. The highest BCUT2D eigenvalue weighted by Crippen LogP contribution is 2.30. The van der Waals surface area contributed by atoms with Crippen LogP contribution in [-0.2, 0) is 4.79 Å². The fraction of sp³-hybridized carbons (Fsp3) is 0.533. The zero-order chi connectivity index (χ0) is 14.5. The van der Waals surface area contributed by atoms with Crippen molar-refractivity contribution in [1.29, 1.82) is 0 Å². The van der Waals surface area contributed by atoms with Gasteiger partial charge in [0, 0.05) is 30.1 Å². The number of nitrogens with two attached hydrogens (primary N) is 2. The van der Waals surface area contributed by atoms with Crippen LogP contribution in [0.3, 0.4) is 0 Å². The van der Waals surface area contributed by atoms with E-state index in [1.54, 1.807) is 0 Å². The first-order chi connectivity index (χ1) is 9.61. The quantitative estimate of drug-likeness (QED) is 0.805. The summed E-state index contributed by atoms with van der Waals surface area (Å²) < 4.78 is 5.64. The van der Waals surface area contributed by atoms with Gasteiger partial charge in [0.25, 0.3) is 0 Å². The molecule has 1 saturated heterocycles. The second-order valence-electron chi connectivity index (χ2n) is 5.22. The lowest BCUT2D eigenvalue weighted by molar-refractivity contribution is -0.119. The molecule has 4 N–H and O–H groups in total. The van der Waals surface area contributed by atoms with Crippen molar-refractivity contribution in [3.63, 3.8) is 0 Å². The molecule has 1 heterocycles. The first kappa shape index (κ1) is 14.5. The number of amides is 1. The molecule has 0 bridgehead atoms. The van der Waals surface area contributed by atoms with Gasteiger partial charge in [-0.25, -0.2) is 0 Å². The fourth-order valence-corrected chi connectivity index (χ4v) is 2.61. The number of anilines is 2.